The first kappa shape index (κ1) is 15.6. The number of phenolic OH excluding ortho intramolecular Hbond substituents is 1. The van der Waals surface area contributed by atoms with Crippen LogP contribution in [0.15, 0.2) is 36.4 Å². The van der Waals surface area contributed by atoms with Crippen molar-refractivity contribution in [3.05, 3.63) is 57.6 Å². The van der Waals surface area contributed by atoms with Crippen LogP contribution in [0.2, 0.25) is 10.0 Å². The van der Waals surface area contributed by atoms with Gasteiger partial charge in [0.05, 0.1) is 16.3 Å². The quantitative estimate of drug-likeness (QED) is 0.778. The standard InChI is InChI=1S/C16H12Cl2N2O3/c17-9-2-3-10-12(7-9)19-16(23)13(20-15(10)22)6-8-1-4-14(21)11(18)5-8/h1-5,7,13,21H,6H2,(H,19,23)(H,20,22)/t13-/m0/s1. The van der Waals surface area contributed by atoms with Gasteiger partial charge in [-0.15, -0.1) is 0 Å². The lowest BCUT2D eigenvalue weighted by Crippen LogP contribution is -2.42. The number of carbonyl (C=O) groups excluding carboxylic acids is 2. The van der Waals surface area contributed by atoms with Gasteiger partial charge < -0.3 is 15.7 Å². The minimum atomic E-state index is -0.755. The first-order chi connectivity index (χ1) is 10.9. The van der Waals surface area contributed by atoms with E-state index in [9.17, 15) is 14.7 Å². The van der Waals surface area contributed by atoms with Crippen LogP contribution in [0.4, 0.5) is 5.69 Å². The molecule has 7 heteroatoms. The van der Waals surface area contributed by atoms with Gasteiger partial charge in [-0.3, -0.25) is 9.59 Å². The molecule has 0 saturated carbocycles. The molecule has 118 valence electrons. The Morgan fingerprint density at radius 1 is 1.09 bits per heavy atom. The molecule has 0 fully saturated rings. The van der Waals surface area contributed by atoms with E-state index in [2.05, 4.69) is 10.6 Å². The van der Waals surface area contributed by atoms with Crippen molar-refractivity contribution in [2.75, 3.05) is 5.32 Å². The number of amides is 2. The van der Waals surface area contributed by atoms with Crippen LogP contribution in [-0.4, -0.2) is 23.0 Å². The Kier molecular flexibility index (Phi) is 4.15. The van der Waals surface area contributed by atoms with Crippen LogP contribution < -0.4 is 10.6 Å². The molecule has 2 aromatic carbocycles. The third kappa shape index (κ3) is 3.25. The number of hydrogen-bond donors (Lipinski definition) is 3. The zero-order chi connectivity index (χ0) is 16.6. The Labute approximate surface area is 142 Å². The van der Waals surface area contributed by atoms with Crippen molar-refractivity contribution >= 4 is 40.7 Å². The van der Waals surface area contributed by atoms with Gasteiger partial charge in [-0.1, -0.05) is 29.3 Å². The molecule has 0 aromatic heterocycles. The number of benzene rings is 2. The van der Waals surface area contributed by atoms with Crippen LogP contribution in [0.1, 0.15) is 15.9 Å². The van der Waals surface area contributed by atoms with Gasteiger partial charge in [0.25, 0.3) is 5.91 Å². The van der Waals surface area contributed by atoms with E-state index in [1.165, 1.54) is 12.1 Å². The van der Waals surface area contributed by atoms with Crippen molar-refractivity contribution in [3.8, 4) is 5.75 Å². The van der Waals surface area contributed by atoms with E-state index in [0.717, 1.165) is 5.56 Å². The van der Waals surface area contributed by atoms with Crippen molar-refractivity contribution < 1.29 is 14.7 Å². The number of anilines is 1. The van der Waals surface area contributed by atoms with Gasteiger partial charge in [-0.25, -0.2) is 0 Å². The highest BCUT2D eigenvalue weighted by molar-refractivity contribution is 6.32. The normalized spacial score (nSPS) is 17.0. The van der Waals surface area contributed by atoms with Crippen molar-refractivity contribution in [2.24, 2.45) is 0 Å². The maximum Gasteiger partial charge on any atom is 0.254 e. The highest BCUT2D eigenvalue weighted by Crippen LogP contribution is 2.26. The lowest BCUT2D eigenvalue weighted by atomic mass is 10.1. The number of fused-ring (bicyclic) bond motifs is 1. The minimum Gasteiger partial charge on any atom is -0.506 e. The fourth-order valence-corrected chi connectivity index (χ4v) is 2.77. The first-order valence-corrected chi connectivity index (χ1v) is 7.58. The summed E-state index contributed by atoms with van der Waals surface area (Å²) in [6.45, 7) is 0. The van der Waals surface area contributed by atoms with Crippen LogP contribution in [-0.2, 0) is 11.2 Å². The molecular weight excluding hydrogens is 339 g/mol. The molecule has 1 aliphatic heterocycles. The number of nitrogens with one attached hydrogen (secondary N) is 2. The van der Waals surface area contributed by atoms with E-state index in [4.69, 9.17) is 23.2 Å². The molecule has 0 unspecified atom stereocenters. The molecule has 23 heavy (non-hydrogen) atoms. The van der Waals surface area contributed by atoms with Gasteiger partial charge in [-0.05, 0) is 35.9 Å². The molecule has 1 heterocycles. The fourth-order valence-electron chi connectivity index (χ4n) is 2.40. The highest BCUT2D eigenvalue weighted by Gasteiger charge is 2.28. The van der Waals surface area contributed by atoms with Crippen LogP contribution in [0.3, 0.4) is 0 Å². The number of phenols is 1. The summed E-state index contributed by atoms with van der Waals surface area (Å²) in [6, 6.07) is 8.59. The second-order valence-electron chi connectivity index (χ2n) is 5.20. The maximum absolute atomic E-state index is 12.3. The predicted molar refractivity (Wildman–Crippen MR) is 88.2 cm³/mol. The number of rotatable bonds is 2. The summed E-state index contributed by atoms with van der Waals surface area (Å²) in [5.74, 6) is -0.736. The van der Waals surface area contributed by atoms with Crippen LogP contribution in [0.5, 0.6) is 5.75 Å². The number of hydrogen-bond acceptors (Lipinski definition) is 3. The van der Waals surface area contributed by atoms with E-state index >= 15 is 0 Å². The number of halogens is 2. The van der Waals surface area contributed by atoms with Crippen molar-refractivity contribution in [3.63, 3.8) is 0 Å². The van der Waals surface area contributed by atoms with Crippen molar-refractivity contribution in [1.82, 2.24) is 5.32 Å². The molecule has 1 atom stereocenters. The monoisotopic (exact) mass is 350 g/mol. The van der Waals surface area contributed by atoms with Gasteiger partial charge in [0, 0.05) is 11.4 Å². The van der Waals surface area contributed by atoms with Crippen molar-refractivity contribution in [2.45, 2.75) is 12.5 Å². The summed E-state index contributed by atoms with van der Waals surface area (Å²) in [5, 5.41) is 15.5. The van der Waals surface area contributed by atoms with Crippen LogP contribution >= 0.6 is 23.2 Å². The molecule has 3 rings (SSSR count). The molecule has 0 radical (unpaired) electrons. The molecule has 0 bridgehead atoms. The molecule has 0 saturated heterocycles. The van der Waals surface area contributed by atoms with Crippen LogP contribution in [0, 0.1) is 0 Å². The smallest absolute Gasteiger partial charge is 0.254 e. The van der Waals surface area contributed by atoms with E-state index in [0.29, 0.717) is 16.3 Å². The molecule has 3 N–H and O–H groups in total. The highest BCUT2D eigenvalue weighted by atomic mass is 35.5. The van der Waals surface area contributed by atoms with E-state index in [1.807, 2.05) is 0 Å². The Morgan fingerprint density at radius 2 is 1.87 bits per heavy atom. The van der Waals surface area contributed by atoms with E-state index in [1.54, 1.807) is 24.3 Å². The molecule has 5 nitrogen and oxygen atoms in total. The Hall–Kier alpha value is -2.24. The molecule has 2 amide bonds. The Bertz CT molecular complexity index is 808. The van der Waals surface area contributed by atoms with Gasteiger partial charge in [0.15, 0.2) is 0 Å². The summed E-state index contributed by atoms with van der Waals surface area (Å²) in [7, 11) is 0. The molecule has 0 aliphatic carbocycles. The lowest BCUT2D eigenvalue weighted by molar-refractivity contribution is -0.117. The second-order valence-corrected chi connectivity index (χ2v) is 6.04. The third-order valence-corrected chi connectivity index (χ3v) is 4.10. The SMILES string of the molecule is O=C1N[C@@H](Cc2ccc(O)c(Cl)c2)C(=O)Nc2cc(Cl)ccc21. The summed E-state index contributed by atoms with van der Waals surface area (Å²) < 4.78 is 0. The summed E-state index contributed by atoms with van der Waals surface area (Å²) in [5.41, 5.74) is 1.46. The third-order valence-electron chi connectivity index (χ3n) is 3.56. The minimum absolute atomic E-state index is 0.0354. The van der Waals surface area contributed by atoms with Gasteiger partial charge in [-0.2, -0.15) is 0 Å². The lowest BCUT2D eigenvalue weighted by Gasteiger charge is -2.15. The van der Waals surface area contributed by atoms with Gasteiger partial charge >= 0.3 is 0 Å². The van der Waals surface area contributed by atoms with Gasteiger partial charge in [0.1, 0.15) is 11.8 Å². The second kappa shape index (κ2) is 6.10. The van der Waals surface area contributed by atoms with Crippen molar-refractivity contribution in [1.29, 1.82) is 0 Å². The average Bonchev–Trinajstić information content (AvgIpc) is 2.60. The van der Waals surface area contributed by atoms with E-state index in [-0.39, 0.29) is 29.0 Å². The first-order valence-electron chi connectivity index (χ1n) is 6.83. The topological polar surface area (TPSA) is 78.4 Å². The molecule has 0 spiro atoms. The zero-order valence-corrected chi connectivity index (χ0v) is 13.3. The largest absolute Gasteiger partial charge is 0.506 e. The molecular formula is C16H12Cl2N2O3. The number of aromatic hydroxyl groups is 1. The number of carbonyl (C=O) groups is 2. The summed E-state index contributed by atoms with van der Waals surface area (Å²) in [4.78, 5) is 24.6. The summed E-state index contributed by atoms with van der Waals surface area (Å²) >= 11 is 11.8. The fraction of sp³-hybridized carbons (Fsp3) is 0.125. The Balaban J connectivity index is 1.86. The summed E-state index contributed by atoms with van der Waals surface area (Å²) in [6.07, 6.45) is 0.249. The maximum atomic E-state index is 12.3. The van der Waals surface area contributed by atoms with Crippen LogP contribution in [0.25, 0.3) is 0 Å². The zero-order valence-electron chi connectivity index (χ0n) is 11.8. The molecule has 1 aliphatic rings. The van der Waals surface area contributed by atoms with E-state index < -0.39 is 6.04 Å². The van der Waals surface area contributed by atoms with Gasteiger partial charge in [0.2, 0.25) is 5.91 Å². The Morgan fingerprint density at radius 3 is 2.61 bits per heavy atom. The average molecular weight is 351 g/mol. The molecule has 2 aromatic rings. The predicted octanol–water partition coefficient (Wildman–Crippen LogP) is 2.99.